The van der Waals surface area contributed by atoms with E-state index in [2.05, 4.69) is 5.10 Å². The first kappa shape index (κ1) is 14.5. The van der Waals surface area contributed by atoms with E-state index in [9.17, 15) is 10.2 Å². The number of rotatable bonds is 5. The van der Waals surface area contributed by atoms with Gasteiger partial charge in [-0.25, -0.2) is 0 Å². The Bertz CT molecular complexity index is 388. The van der Waals surface area contributed by atoms with Gasteiger partial charge in [0.2, 0.25) is 0 Å². The summed E-state index contributed by atoms with van der Waals surface area (Å²) in [5.41, 5.74) is 0.497. The minimum absolute atomic E-state index is 0.309. The predicted molar refractivity (Wildman–Crippen MR) is 68.2 cm³/mol. The zero-order valence-corrected chi connectivity index (χ0v) is 11.6. The second-order valence-corrected chi connectivity index (χ2v) is 4.99. The highest BCUT2D eigenvalue weighted by molar-refractivity contribution is 6.31. The third-order valence-corrected chi connectivity index (χ3v) is 3.76. The number of aliphatic hydroxyl groups is 2. The van der Waals surface area contributed by atoms with Gasteiger partial charge in [-0.1, -0.05) is 25.4 Å². The van der Waals surface area contributed by atoms with E-state index in [-0.39, 0.29) is 0 Å². The molecule has 2 unspecified atom stereocenters. The van der Waals surface area contributed by atoms with Crippen molar-refractivity contribution < 1.29 is 10.2 Å². The van der Waals surface area contributed by atoms with E-state index in [1.807, 2.05) is 13.8 Å². The molecule has 4 nitrogen and oxygen atoms in total. The lowest BCUT2D eigenvalue weighted by molar-refractivity contribution is -0.0636. The second kappa shape index (κ2) is 5.38. The Kier molecular flexibility index (Phi) is 4.58. The molecule has 0 bridgehead atoms. The van der Waals surface area contributed by atoms with Crippen LogP contribution in [0.3, 0.4) is 0 Å². The molecule has 0 aliphatic rings. The molecule has 0 amide bonds. The maximum atomic E-state index is 10.0. The Balaban J connectivity index is 2.92. The van der Waals surface area contributed by atoms with E-state index in [1.165, 1.54) is 0 Å². The number of nitrogens with zero attached hydrogens (tertiary/aromatic N) is 2. The van der Waals surface area contributed by atoms with Gasteiger partial charge in [-0.05, 0) is 19.8 Å². The summed E-state index contributed by atoms with van der Waals surface area (Å²) in [4.78, 5) is 0. The number of aromatic nitrogens is 2. The molecule has 17 heavy (non-hydrogen) atoms. The molecule has 0 saturated carbocycles. The Labute approximate surface area is 107 Å². The number of aliphatic hydroxyl groups excluding tert-OH is 1. The van der Waals surface area contributed by atoms with E-state index < -0.39 is 11.7 Å². The first-order chi connectivity index (χ1) is 7.83. The first-order valence-corrected chi connectivity index (χ1v) is 6.31. The highest BCUT2D eigenvalue weighted by Gasteiger charge is 2.30. The molecule has 0 aliphatic carbocycles. The highest BCUT2D eigenvalue weighted by atomic mass is 35.5. The van der Waals surface area contributed by atoms with Crippen LogP contribution in [-0.2, 0) is 19.9 Å². The average Bonchev–Trinajstić information content (AvgIpc) is 2.56. The van der Waals surface area contributed by atoms with E-state index in [0.29, 0.717) is 17.9 Å². The van der Waals surface area contributed by atoms with E-state index in [0.717, 1.165) is 17.8 Å². The molecule has 1 heterocycles. The van der Waals surface area contributed by atoms with Crippen molar-refractivity contribution in [3.8, 4) is 0 Å². The van der Waals surface area contributed by atoms with Crippen molar-refractivity contribution in [2.75, 3.05) is 0 Å². The minimum Gasteiger partial charge on any atom is -0.390 e. The van der Waals surface area contributed by atoms with Crippen LogP contribution in [0.2, 0.25) is 5.02 Å². The first-order valence-electron chi connectivity index (χ1n) is 5.94. The average molecular weight is 261 g/mol. The summed E-state index contributed by atoms with van der Waals surface area (Å²) >= 11 is 6.19. The fourth-order valence-electron chi connectivity index (χ4n) is 1.68. The van der Waals surface area contributed by atoms with Crippen molar-refractivity contribution in [2.45, 2.75) is 51.7 Å². The van der Waals surface area contributed by atoms with Crippen LogP contribution < -0.4 is 0 Å². The summed E-state index contributed by atoms with van der Waals surface area (Å²) in [6, 6.07) is 0. The monoisotopic (exact) mass is 260 g/mol. The van der Waals surface area contributed by atoms with E-state index in [4.69, 9.17) is 11.6 Å². The van der Waals surface area contributed by atoms with Crippen LogP contribution >= 0.6 is 11.6 Å². The third kappa shape index (κ3) is 3.00. The van der Waals surface area contributed by atoms with Gasteiger partial charge in [0.15, 0.2) is 0 Å². The molecule has 0 aliphatic heterocycles. The van der Waals surface area contributed by atoms with Crippen LogP contribution in [0.15, 0.2) is 0 Å². The summed E-state index contributed by atoms with van der Waals surface area (Å²) in [6.07, 6.45) is 0.713. The Morgan fingerprint density at radius 3 is 2.47 bits per heavy atom. The van der Waals surface area contributed by atoms with Gasteiger partial charge in [0, 0.05) is 13.5 Å². The van der Waals surface area contributed by atoms with Gasteiger partial charge in [0.05, 0.1) is 28.1 Å². The van der Waals surface area contributed by atoms with Crippen LogP contribution in [0.4, 0.5) is 0 Å². The molecular formula is C12H21ClN2O2. The van der Waals surface area contributed by atoms with Crippen molar-refractivity contribution in [3.05, 3.63) is 16.4 Å². The van der Waals surface area contributed by atoms with Gasteiger partial charge in [-0.3, -0.25) is 4.68 Å². The van der Waals surface area contributed by atoms with Gasteiger partial charge in [-0.2, -0.15) is 5.10 Å². The fourth-order valence-corrected chi connectivity index (χ4v) is 2.05. The molecule has 98 valence electrons. The van der Waals surface area contributed by atoms with Crippen molar-refractivity contribution in [1.82, 2.24) is 9.78 Å². The van der Waals surface area contributed by atoms with Gasteiger partial charge in [-0.15, -0.1) is 0 Å². The number of hydrogen-bond acceptors (Lipinski definition) is 3. The van der Waals surface area contributed by atoms with Crippen LogP contribution in [0.1, 0.15) is 38.6 Å². The standard InChI is InChI=1S/C12H21ClN2O2/c1-5-8-11(13)9(15(4)14-8)7-10(16)12(3,17)6-2/h10,16-17H,5-7H2,1-4H3. The minimum atomic E-state index is -1.10. The maximum Gasteiger partial charge on any atom is 0.0880 e. The Hall–Kier alpha value is -0.580. The topological polar surface area (TPSA) is 58.3 Å². The maximum absolute atomic E-state index is 10.0. The lowest BCUT2D eigenvalue weighted by Gasteiger charge is -2.27. The lowest BCUT2D eigenvalue weighted by Crippen LogP contribution is -2.40. The fraction of sp³-hybridized carbons (Fsp3) is 0.750. The normalized spacial score (nSPS) is 16.9. The number of hydrogen-bond donors (Lipinski definition) is 2. The summed E-state index contributed by atoms with van der Waals surface area (Å²) < 4.78 is 1.68. The molecule has 5 heteroatoms. The number of aryl methyl sites for hydroxylation is 2. The molecule has 0 aromatic carbocycles. The Morgan fingerprint density at radius 1 is 1.47 bits per heavy atom. The molecule has 1 rings (SSSR count). The number of halogens is 1. The van der Waals surface area contributed by atoms with Crippen molar-refractivity contribution in [2.24, 2.45) is 7.05 Å². The van der Waals surface area contributed by atoms with Gasteiger partial charge >= 0.3 is 0 Å². The molecule has 0 spiro atoms. The van der Waals surface area contributed by atoms with Crippen LogP contribution in [-0.4, -0.2) is 31.7 Å². The second-order valence-electron chi connectivity index (χ2n) is 4.62. The molecule has 1 aromatic rings. The summed E-state index contributed by atoms with van der Waals surface area (Å²) in [5.74, 6) is 0. The summed E-state index contributed by atoms with van der Waals surface area (Å²) in [7, 11) is 1.80. The van der Waals surface area contributed by atoms with Crippen molar-refractivity contribution >= 4 is 11.6 Å². The zero-order chi connectivity index (χ0) is 13.2. The largest absolute Gasteiger partial charge is 0.390 e. The van der Waals surface area contributed by atoms with Gasteiger partial charge in [0.25, 0.3) is 0 Å². The summed E-state index contributed by atoms with van der Waals surface area (Å²) in [5, 5.41) is 24.9. The molecule has 0 saturated heterocycles. The Morgan fingerprint density at radius 2 is 2.06 bits per heavy atom. The van der Waals surface area contributed by atoms with Crippen LogP contribution in [0, 0.1) is 0 Å². The zero-order valence-electron chi connectivity index (χ0n) is 10.9. The highest BCUT2D eigenvalue weighted by Crippen LogP contribution is 2.25. The van der Waals surface area contributed by atoms with Gasteiger partial charge in [0.1, 0.15) is 0 Å². The van der Waals surface area contributed by atoms with Crippen molar-refractivity contribution in [3.63, 3.8) is 0 Å². The predicted octanol–water partition coefficient (Wildman–Crippen LogP) is 1.70. The molecule has 0 radical (unpaired) electrons. The van der Waals surface area contributed by atoms with E-state index >= 15 is 0 Å². The molecule has 2 atom stereocenters. The SMILES string of the molecule is CCc1nn(C)c(CC(O)C(C)(O)CC)c1Cl. The third-order valence-electron chi connectivity index (χ3n) is 3.32. The van der Waals surface area contributed by atoms with Gasteiger partial charge < -0.3 is 10.2 Å². The molecule has 2 N–H and O–H groups in total. The molecular weight excluding hydrogens is 240 g/mol. The van der Waals surface area contributed by atoms with Crippen molar-refractivity contribution in [1.29, 1.82) is 0 Å². The molecule has 1 aromatic heterocycles. The van der Waals surface area contributed by atoms with E-state index in [1.54, 1.807) is 18.7 Å². The summed E-state index contributed by atoms with van der Waals surface area (Å²) in [6.45, 7) is 5.45. The quantitative estimate of drug-likeness (QED) is 0.847. The smallest absolute Gasteiger partial charge is 0.0880 e. The van der Waals surface area contributed by atoms with Crippen LogP contribution in [0.5, 0.6) is 0 Å². The van der Waals surface area contributed by atoms with Crippen LogP contribution in [0.25, 0.3) is 0 Å². The molecule has 0 fully saturated rings. The lowest BCUT2D eigenvalue weighted by atomic mass is 9.92.